The van der Waals surface area contributed by atoms with Crippen LogP contribution in [0.3, 0.4) is 0 Å². The molecule has 0 unspecified atom stereocenters. The van der Waals surface area contributed by atoms with Gasteiger partial charge in [-0.25, -0.2) is 0 Å². The minimum absolute atomic E-state index is 0.0217. The smallest absolute Gasteiger partial charge is 0.0505 e. The molecule has 3 N–H and O–H groups in total. The molecule has 0 amide bonds. The van der Waals surface area contributed by atoms with Crippen LogP contribution in [0.15, 0.2) is 24.3 Å². The fourth-order valence-corrected chi connectivity index (χ4v) is 2.23. The summed E-state index contributed by atoms with van der Waals surface area (Å²) >= 11 is 0. The molecule has 76 valence electrons. The molecule has 0 spiro atoms. The maximum atomic E-state index is 9.30. The number of aryl methyl sites for hydroxylation is 1. The van der Waals surface area contributed by atoms with Crippen molar-refractivity contribution < 1.29 is 5.11 Å². The van der Waals surface area contributed by atoms with Crippen LogP contribution in [0.2, 0.25) is 0 Å². The standard InChI is InChI=1S/C12H17NO/c1-9-4-2-3-5-10(9)11-6-12(11,7-13)8-14/h2-5,11,14H,6-8,13H2,1H3/t11-,12+/m0/s1. The summed E-state index contributed by atoms with van der Waals surface area (Å²) in [5.74, 6) is 0.471. The predicted octanol–water partition coefficient (Wildman–Crippen LogP) is 1.42. The summed E-state index contributed by atoms with van der Waals surface area (Å²) in [6.07, 6.45) is 1.03. The lowest BCUT2D eigenvalue weighted by molar-refractivity contribution is 0.211. The van der Waals surface area contributed by atoms with Gasteiger partial charge in [0.1, 0.15) is 0 Å². The molecule has 0 aliphatic heterocycles. The Balaban J connectivity index is 2.24. The summed E-state index contributed by atoms with van der Waals surface area (Å²) in [6.45, 7) is 2.91. The van der Waals surface area contributed by atoms with E-state index in [-0.39, 0.29) is 12.0 Å². The van der Waals surface area contributed by atoms with Crippen LogP contribution in [0.1, 0.15) is 23.5 Å². The predicted molar refractivity (Wildman–Crippen MR) is 57.1 cm³/mol. The Morgan fingerprint density at radius 3 is 2.71 bits per heavy atom. The Labute approximate surface area is 84.7 Å². The highest BCUT2D eigenvalue weighted by Crippen LogP contribution is 2.58. The zero-order valence-corrected chi connectivity index (χ0v) is 8.53. The number of nitrogens with two attached hydrogens (primary N) is 1. The first-order valence-corrected chi connectivity index (χ1v) is 5.10. The molecule has 1 aromatic rings. The third-order valence-corrected chi connectivity index (χ3v) is 3.48. The molecule has 2 heteroatoms. The van der Waals surface area contributed by atoms with E-state index in [1.54, 1.807) is 0 Å². The highest BCUT2D eigenvalue weighted by Gasteiger charge is 2.53. The van der Waals surface area contributed by atoms with Crippen molar-refractivity contribution in [1.29, 1.82) is 0 Å². The van der Waals surface area contributed by atoms with Crippen molar-refractivity contribution in [2.45, 2.75) is 19.3 Å². The average Bonchev–Trinajstić information content (AvgIpc) is 2.94. The largest absolute Gasteiger partial charge is 0.396 e. The van der Waals surface area contributed by atoms with Gasteiger partial charge < -0.3 is 10.8 Å². The molecule has 0 saturated heterocycles. The third kappa shape index (κ3) is 1.35. The number of aliphatic hydroxyl groups is 1. The van der Waals surface area contributed by atoms with Gasteiger partial charge in [-0.05, 0) is 30.4 Å². The van der Waals surface area contributed by atoms with E-state index in [1.165, 1.54) is 11.1 Å². The van der Waals surface area contributed by atoms with Crippen LogP contribution in [0.4, 0.5) is 0 Å². The Morgan fingerprint density at radius 2 is 2.21 bits per heavy atom. The van der Waals surface area contributed by atoms with Crippen LogP contribution in [0, 0.1) is 12.3 Å². The normalized spacial score (nSPS) is 30.4. The molecule has 0 radical (unpaired) electrons. The Bertz CT molecular complexity index is 331. The fourth-order valence-electron chi connectivity index (χ4n) is 2.23. The Morgan fingerprint density at radius 1 is 1.50 bits per heavy atom. The second-order valence-corrected chi connectivity index (χ2v) is 4.34. The summed E-state index contributed by atoms with van der Waals surface area (Å²) < 4.78 is 0. The Hall–Kier alpha value is -0.860. The Kier molecular flexibility index (Phi) is 2.33. The molecule has 1 fully saturated rings. The minimum atomic E-state index is -0.0217. The van der Waals surface area contributed by atoms with Gasteiger partial charge >= 0.3 is 0 Å². The van der Waals surface area contributed by atoms with Gasteiger partial charge in [0.15, 0.2) is 0 Å². The number of aliphatic hydroxyl groups excluding tert-OH is 1. The van der Waals surface area contributed by atoms with Gasteiger partial charge in [0.05, 0.1) is 6.61 Å². The van der Waals surface area contributed by atoms with Crippen LogP contribution < -0.4 is 5.73 Å². The fraction of sp³-hybridized carbons (Fsp3) is 0.500. The highest BCUT2D eigenvalue weighted by atomic mass is 16.3. The maximum Gasteiger partial charge on any atom is 0.0505 e. The van der Waals surface area contributed by atoms with Crippen LogP contribution in [-0.2, 0) is 0 Å². The van der Waals surface area contributed by atoms with E-state index in [9.17, 15) is 5.11 Å². The van der Waals surface area contributed by atoms with E-state index < -0.39 is 0 Å². The molecule has 1 saturated carbocycles. The van der Waals surface area contributed by atoms with E-state index in [4.69, 9.17) is 5.73 Å². The molecule has 2 rings (SSSR count). The summed E-state index contributed by atoms with van der Waals surface area (Å²) in [4.78, 5) is 0. The van der Waals surface area contributed by atoms with E-state index in [0.717, 1.165) is 6.42 Å². The van der Waals surface area contributed by atoms with Gasteiger partial charge in [0.2, 0.25) is 0 Å². The maximum absolute atomic E-state index is 9.30. The lowest BCUT2D eigenvalue weighted by Crippen LogP contribution is -2.21. The van der Waals surface area contributed by atoms with Crippen LogP contribution in [0.5, 0.6) is 0 Å². The van der Waals surface area contributed by atoms with E-state index in [0.29, 0.717) is 12.5 Å². The average molecular weight is 191 g/mol. The van der Waals surface area contributed by atoms with Gasteiger partial charge in [0, 0.05) is 12.0 Å². The highest BCUT2D eigenvalue weighted by molar-refractivity contribution is 5.36. The molecule has 1 aliphatic carbocycles. The zero-order chi connectivity index (χ0) is 10.2. The van der Waals surface area contributed by atoms with E-state index in [1.807, 2.05) is 6.07 Å². The first-order chi connectivity index (χ1) is 6.73. The van der Waals surface area contributed by atoms with E-state index >= 15 is 0 Å². The van der Waals surface area contributed by atoms with Crippen molar-refractivity contribution in [3.05, 3.63) is 35.4 Å². The second-order valence-electron chi connectivity index (χ2n) is 4.34. The molecule has 1 aromatic carbocycles. The molecule has 14 heavy (non-hydrogen) atoms. The number of rotatable bonds is 3. The number of benzene rings is 1. The van der Waals surface area contributed by atoms with Gasteiger partial charge in [-0.2, -0.15) is 0 Å². The zero-order valence-electron chi connectivity index (χ0n) is 8.53. The minimum Gasteiger partial charge on any atom is -0.396 e. The topological polar surface area (TPSA) is 46.2 Å². The second kappa shape index (κ2) is 3.37. The lowest BCUT2D eigenvalue weighted by Gasteiger charge is -2.12. The van der Waals surface area contributed by atoms with Crippen molar-refractivity contribution >= 4 is 0 Å². The molecule has 2 atom stereocenters. The SMILES string of the molecule is Cc1ccccc1[C@@H]1C[C@@]1(CN)CO. The van der Waals surface area contributed by atoms with Crippen LogP contribution >= 0.6 is 0 Å². The van der Waals surface area contributed by atoms with Gasteiger partial charge in [-0.1, -0.05) is 24.3 Å². The van der Waals surface area contributed by atoms with E-state index in [2.05, 4.69) is 25.1 Å². The molecular weight excluding hydrogens is 174 g/mol. The quantitative estimate of drug-likeness (QED) is 0.759. The molecule has 0 heterocycles. The van der Waals surface area contributed by atoms with Crippen LogP contribution in [0.25, 0.3) is 0 Å². The van der Waals surface area contributed by atoms with Crippen molar-refractivity contribution in [3.8, 4) is 0 Å². The van der Waals surface area contributed by atoms with Crippen molar-refractivity contribution in [1.82, 2.24) is 0 Å². The molecular formula is C12H17NO. The van der Waals surface area contributed by atoms with Gasteiger partial charge in [0.25, 0.3) is 0 Å². The number of hydrogen-bond donors (Lipinski definition) is 2. The van der Waals surface area contributed by atoms with Crippen LogP contribution in [-0.4, -0.2) is 18.3 Å². The summed E-state index contributed by atoms with van der Waals surface area (Å²) in [7, 11) is 0. The van der Waals surface area contributed by atoms with Crippen molar-refractivity contribution in [2.24, 2.45) is 11.1 Å². The summed E-state index contributed by atoms with van der Waals surface area (Å²) in [6, 6.07) is 8.36. The third-order valence-electron chi connectivity index (χ3n) is 3.48. The first kappa shape index (κ1) is 9.69. The lowest BCUT2D eigenvalue weighted by atomic mass is 9.97. The number of hydrogen-bond acceptors (Lipinski definition) is 2. The summed E-state index contributed by atoms with van der Waals surface area (Å²) in [5.41, 5.74) is 8.34. The molecule has 0 aromatic heterocycles. The van der Waals surface area contributed by atoms with Crippen molar-refractivity contribution in [3.63, 3.8) is 0 Å². The summed E-state index contributed by atoms with van der Waals surface area (Å²) in [5, 5.41) is 9.30. The molecule has 1 aliphatic rings. The first-order valence-electron chi connectivity index (χ1n) is 5.10. The van der Waals surface area contributed by atoms with Gasteiger partial charge in [-0.3, -0.25) is 0 Å². The monoisotopic (exact) mass is 191 g/mol. The van der Waals surface area contributed by atoms with Crippen molar-refractivity contribution in [2.75, 3.05) is 13.2 Å². The molecule has 2 nitrogen and oxygen atoms in total. The molecule has 0 bridgehead atoms. The van der Waals surface area contributed by atoms with Gasteiger partial charge in [-0.15, -0.1) is 0 Å².